The van der Waals surface area contributed by atoms with Gasteiger partial charge in [0, 0.05) is 38.7 Å². The van der Waals surface area contributed by atoms with Crippen molar-refractivity contribution in [3.63, 3.8) is 0 Å². The van der Waals surface area contributed by atoms with Crippen LogP contribution in [0.25, 0.3) is 0 Å². The van der Waals surface area contributed by atoms with Crippen molar-refractivity contribution in [2.75, 3.05) is 32.1 Å². The highest BCUT2D eigenvalue weighted by Crippen LogP contribution is 2.20. The zero-order valence-electron chi connectivity index (χ0n) is 14.3. The lowest BCUT2D eigenvalue weighted by atomic mass is 10.1. The molecule has 126 valence electrons. The fraction of sp³-hybridized carbons (Fsp3) is 0.389. The smallest absolute Gasteiger partial charge is 0.253 e. The maximum absolute atomic E-state index is 12.6. The van der Waals surface area contributed by atoms with Crippen molar-refractivity contribution in [1.82, 2.24) is 14.9 Å². The summed E-state index contributed by atoms with van der Waals surface area (Å²) in [6.45, 7) is 3.27. The van der Waals surface area contributed by atoms with Crippen molar-refractivity contribution in [1.29, 1.82) is 0 Å². The average Bonchev–Trinajstić information content (AvgIpc) is 3.03. The van der Waals surface area contributed by atoms with Crippen molar-refractivity contribution >= 4 is 11.7 Å². The minimum atomic E-state index is -0.0383. The molecule has 0 bridgehead atoms. The summed E-state index contributed by atoms with van der Waals surface area (Å²) in [7, 11) is 3.84. The molecular formula is C18H22N4O2. The van der Waals surface area contributed by atoms with E-state index >= 15 is 0 Å². The second kappa shape index (κ2) is 6.86. The molecule has 2 heterocycles. The second-order valence-electron chi connectivity index (χ2n) is 6.26. The first kappa shape index (κ1) is 16.2. The number of nitrogens with zero attached hydrogens (tertiary/aromatic N) is 4. The maximum atomic E-state index is 12.6. The fourth-order valence-electron chi connectivity index (χ4n) is 2.78. The van der Waals surface area contributed by atoms with E-state index in [0.29, 0.717) is 19.0 Å². The van der Waals surface area contributed by atoms with E-state index < -0.39 is 0 Å². The van der Waals surface area contributed by atoms with Gasteiger partial charge in [0.05, 0.1) is 6.54 Å². The number of anilines is 1. The number of carbonyl (C=O) groups excluding carboxylic acids is 1. The van der Waals surface area contributed by atoms with Crippen LogP contribution in [0.1, 0.15) is 22.3 Å². The third-order valence-corrected chi connectivity index (χ3v) is 4.07. The van der Waals surface area contributed by atoms with Gasteiger partial charge in [-0.1, -0.05) is 17.7 Å². The summed E-state index contributed by atoms with van der Waals surface area (Å²) in [5.41, 5.74) is 1.82. The highest BCUT2D eigenvalue weighted by atomic mass is 16.5. The van der Waals surface area contributed by atoms with Crippen LogP contribution in [-0.4, -0.2) is 54.1 Å². The highest BCUT2D eigenvalue weighted by Gasteiger charge is 2.28. The molecule has 0 spiro atoms. The number of aryl methyl sites for hydroxylation is 1. The monoisotopic (exact) mass is 326 g/mol. The molecule has 0 aliphatic carbocycles. The first-order valence-corrected chi connectivity index (χ1v) is 8.05. The molecule has 1 aromatic heterocycles. The van der Waals surface area contributed by atoms with Gasteiger partial charge in [-0.25, -0.2) is 9.97 Å². The minimum Gasteiger partial charge on any atom is -0.472 e. The van der Waals surface area contributed by atoms with Gasteiger partial charge in [-0.05, 0) is 19.1 Å². The van der Waals surface area contributed by atoms with E-state index in [2.05, 4.69) is 9.97 Å². The first-order valence-electron chi connectivity index (χ1n) is 8.05. The second-order valence-corrected chi connectivity index (χ2v) is 6.26. The Morgan fingerprint density at radius 2 is 2.12 bits per heavy atom. The molecule has 2 aromatic rings. The van der Waals surface area contributed by atoms with Crippen molar-refractivity contribution in [3.8, 4) is 5.88 Å². The minimum absolute atomic E-state index is 0.0383. The van der Waals surface area contributed by atoms with Gasteiger partial charge >= 0.3 is 0 Å². The highest BCUT2D eigenvalue weighted by molar-refractivity contribution is 5.94. The Morgan fingerprint density at radius 1 is 1.29 bits per heavy atom. The number of amides is 1. The van der Waals surface area contributed by atoms with Crippen LogP contribution in [0.2, 0.25) is 0 Å². The van der Waals surface area contributed by atoms with Crippen LogP contribution in [0.15, 0.2) is 36.7 Å². The molecule has 6 nitrogen and oxygen atoms in total. The lowest BCUT2D eigenvalue weighted by Gasteiger charge is -2.18. The summed E-state index contributed by atoms with van der Waals surface area (Å²) in [6.07, 6.45) is 2.26. The lowest BCUT2D eigenvalue weighted by Crippen LogP contribution is -2.31. The van der Waals surface area contributed by atoms with Gasteiger partial charge < -0.3 is 14.5 Å². The number of likely N-dealkylation sites (tertiary alicyclic amines) is 1. The van der Waals surface area contributed by atoms with Gasteiger partial charge in [0.1, 0.15) is 18.2 Å². The summed E-state index contributed by atoms with van der Waals surface area (Å²) in [6, 6.07) is 9.49. The Morgan fingerprint density at radius 3 is 2.88 bits per heavy atom. The lowest BCUT2D eigenvalue weighted by molar-refractivity contribution is 0.0771. The standard InChI is InChI=1S/C18H22N4O2/c1-13-5-4-6-14(9-13)18(23)22-8-7-15(11-22)24-17-10-16(21(2)3)19-12-20-17/h4-6,9-10,12,15H,7-8,11H2,1-3H3. The Balaban J connectivity index is 1.63. The zero-order valence-corrected chi connectivity index (χ0v) is 14.3. The van der Waals surface area contributed by atoms with Gasteiger partial charge in [-0.3, -0.25) is 4.79 Å². The predicted octanol–water partition coefficient (Wildman–Crippen LogP) is 2.14. The van der Waals surface area contributed by atoms with E-state index in [0.717, 1.165) is 23.4 Å². The van der Waals surface area contributed by atoms with Crippen LogP contribution < -0.4 is 9.64 Å². The molecule has 1 unspecified atom stereocenters. The van der Waals surface area contributed by atoms with Crippen LogP contribution in [-0.2, 0) is 0 Å². The molecule has 1 saturated heterocycles. The molecule has 0 saturated carbocycles. The van der Waals surface area contributed by atoms with Gasteiger partial charge in [0.2, 0.25) is 5.88 Å². The van der Waals surface area contributed by atoms with Gasteiger partial charge in [0.25, 0.3) is 5.91 Å². The van der Waals surface area contributed by atoms with Crippen molar-refractivity contribution in [2.24, 2.45) is 0 Å². The van der Waals surface area contributed by atoms with E-state index in [4.69, 9.17) is 4.74 Å². The summed E-state index contributed by atoms with van der Waals surface area (Å²) < 4.78 is 5.93. The van der Waals surface area contributed by atoms with E-state index in [1.54, 1.807) is 0 Å². The van der Waals surface area contributed by atoms with E-state index in [1.807, 2.05) is 61.2 Å². The number of rotatable bonds is 4. The average molecular weight is 326 g/mol. The molecule has 1 fully saturated rings. The number of hydrogen-bond acceptors (Lipinski definition) is 5. The number of aromatic nitrogens is 2. The maximum Gasteiger partial charge on any atom is 0.253 e. The first-order chi connectivity index (χ1) is 11.5. The Hall–Kier alpha value is -2.63. The molecule has 24 heavy (non-hydrogen) atoms. The topological polar surface area (TPSA) is 58.6 Å². The summed E-state index contributed by atoms with van der Waals surface area (Å²) >= 11 is 0. The summed E-state index contributed by atoms with van der Waals surface area (Å²) in [4.78, 5) is 24.7. The molecule has 0 N–H and O–H groups in total. The molecule has 1 aromatic carbocycles. The number of ether oxygens (including phenoxy) is 1. The largest absolute Gasteiger partial charge is 0.472 e. The van der Waals surface area contributed by atoms with Crippen LogP contribution in [0.5, 0.6) is 5.88 Å². The third kappa shape index (κ3) is 3.64. The molecule has 1 aliphatic rings. The Kier molecular flexibility index (Phi) is 4.64. The SMILES string of the molecule is Cc1cccc(C(=O)N2CCC(Oc3cc(N(C)C)ncn3)C2)c1. The fourth-order valence-corrected chi connectivity index (χ4v) is 2.78. The van der Waals surface area contributed by atoms with E-state index in [9.17, 15) is 4.79 Å². The Labute approximate surface area is 142 Å². The molecule has 1 atom stereocenters. The van der Waals surface area contributed by atoms with Crippen molar-refractivity contribution in [3.05, 3.63) is 47.8 Å². The van der Waals surface area contributed by atoms with Crippen LogP contribution in [0.4, 0.5) is 5.82 Å². The van der Waals surface area contributed by atoms with Crippen LogP contribution in [0, 0.1) is 6.92 Å². The van der Waals surface area contributed by atoms with Crippen LogP contribution >= 0.6 is 0 Å². The van der Waals surface area contributed by atoms with Gasteiger partial charge in [-0.2, -0.15) is 0 Å². The predicted molar refractivity (Wildman–Crippen MR) is 92.5 cm³/mol. The van der Waals surface area contributed by atoms with Crippen molar-refractivity contribution in [2.45, 2.75) is 19.4 Å². The quantitative estimate of drug-likeness (QED) is 0.861. The number of carbonyl (C=O) groups is 1. The van der Waals surface area contributed by atoms with Gasteiger partial charge in [-0.15, -0.1) is 0 Å². The number of benzene rings is 1. The normalized spacial score (nSPS) is 17.0. The molecule has 1 aliphatic heterocycles. The number of hydrogen-bond donors (Lipinski definition) is 0. The molecule has 0 radical (unpaired) electrons. The zero-order chi connectivity index (χ0) is 17.1. The molecule has 1 amide bonds. The van der Waals surface area contributed by atoms with Crippen LogP contribution in [0.3, 0.4) is 0 Å². The molecule has 6 heteroatoms. The van der Waals surface area contributed by atoms with Gasteiger partial charge in [0.15, 0.2) is 0 Å². The third-order valence-electron chi connectivity index (χ3n) is 4.07. The Bertz CT molecular complexity index is 732. The molecule has 3 rings (SSSR count). The molecular weight excluding hydrogens is 304 g/mol. The van der Waals surface area contributed by atoms with Crippen molar-refractivity contribution < 1.29 is 9.53 Å². The summed E-state index contributed by atoms with van der Waals surface area (Å²) in [5.74, 6) is 1.40. The van der Waals surface area contributed by atoms with E-state index in [1.165, 1.54) is 6.33 Å². The van der Waals surface area contributed by atoms with E-state index in [-0.39, 0.29) is 12.0 Å². The summed E-state index contributed by atoms with van der Waals surface area (Å²) in [5, 5.41) is 0.